The van der Waals surface area contributed by atoms with E-state index in [4.69, 9.17) is 4.74 Å². The lowest BCUT2D eigenvalue weighted by Crippen LogP contribution is -2.28. The molecule has 9 heteroatoms. The van der Waals surface area contributed by atoms with E-state index in [9.17, 15) is 14.9 Å². The fraction of sp³-hybridized carbons (Fsp3) is 0.0870. The number of hydrogen-bond acceptors (Lipinski definition) is 7. The predicted molar refractivity (Wildman–Crippen MR) is 124 cm³/mol. The maximum atomic E-state index is 13.2. The first kappa shape index (κ1) is 21.1. The van der Waals surface area contributed by atoms with Crippen LogP contribution in [0.4, 0.5) is 10.8 Å². The average Bonchev–Trinajstić information content (AvgIpc) is 3.26. The first-order valence-corrected chi connectivity index (χ1v) is 10.4. The Balaban J connectivity index is 1.66. The molecular weight excluding hydrogens is 428 g/mol. The maximum absolute atomic E-state index is 13.2. The molecule has 0 saturated heterocycles. The molecule has 8 nitrogen and oxygen atoms in total. The van der Waals surface area contributed by atoms with Gasteiger partial charge in [-0.1, -0.05) is 23.5 Å². The van der Waals surface area contributed by atoms with Gasteiger partial charge in [-0.25, -0.2) is 4.98 Å². The summed E-state index contributed by atoms with van der Waals surface area (Å²) in [6, 6.07) is 15.3. The highest BCUT2D eigenvalue weighted by atomic mass is 32.1. The summed E-state index contributed by atoms with van der Waals surface area (Å²) < 4.78 is 6.31. The minimum absolute atomic E-state index is 0.00453. The van der Waals surface area contributed by atoms with E-state index in [2.05, 4.69) is 9.97 Å². The molecule has 0 fully saturated rings. The molecule has 0 unspecified atom stereocenters. The topological polar surface area (TPSA) is 98.5 Å². The zero-order chi connectivity index (χ0) is 22.5. The van der Waals surface area contributed by atoms with Gasteiger partial charge in [0.2, 0.25) is 0 Å². The van der Waals surface area contributed by atoms with E-state index in [1.54, 1.807) is 42.6 Å². The molecule has 0 spiro atoms. The SMILES string of the molecule is COc1cccc2sc(N(Cc3cccnc3)C(=O)/C=C\c3ccc([N+](=O)[O-])cc3)nc12. The summed E-state index contributed by atoms with van der Waals surface area (Å²) in [5.41, 5.74) is 2.22. The van der Waals surface area contributed by atoms with Crippen molar-refractivity contribution in [1.29, 1.82) is 0 Å². The third-order valence-corrected chi connectivity index (χ3v) is 5.72. The molecule has 32 heavy (non-hydrogen) atoms. The second-order valence-electron chi connectivity index (χ2n) is 6.77. The molecule has 4 aromatic rings. The van der Waals surface area contributed by atoms with E-state index < -0.39 is 4.92 Å². The smallest absolute Gasteiger partial charge is 0.269 e. The van der Waals surface area contributed by atoms with Crippen LogP contribution in [0.2, 0.25) is 0 Å². The minimum Gasteiger partial charge on any atom is -0.494 e. The van der Waals surface area contributed by atoms with Crippen LogP contribution in [-0.2, 0) is 11.3 Å². The van der Waals surface area contributed by atoms with Crippen molar-refractivity contribution in [1.82, 2.24) is 9.97 Å². The number of para-hydroxylation sites is 1. The third kappa shape index (κ3) is 4.62. The number of carbonyl (C=O) groups is 1. The monoisotopic (exact) mass is 446 g/mol. The van der Waals surface area contributed by atoms with E-state index >= 15 is 0 Å². The van der Waals surface area contributed by atoms with Crippen molar-refractivity contribution in [3.05, 3.63) is 94.3 Å². The zero-order valence-electron chi connectivity index (χ0n) is 17.0. The molecule has 0 atom stereocenters. The lowest BCUT2D eigenvalue weighted by atomic mass is 10.2. The number of thiazole rings is 1. The van der Waals surface area contributed by atoms with Gasteiger partial charge in [-0.05, 0) is 47.5 Å². The number of anilines is 1. The highest BCUT2D eigenvalue weighted by Crippen LogP contribution is 2.34. The van der Waals surface area contributed by atoms with Gasteiger partial charge in [0.05, 0.1) is 23.3 Å². The number of rotatable bonds is 7. The Labute approximate surface area is 187 Å². The molecule has 0 radical (unpaired) electrons. The van der Waals surface area contributed by atoms with Gasteiger partial charge in [0.1, 0.15) is 11.3 Å². The number of ether oxygens (including phenoxy) is 1. The van der Waals surface area contributed by atoms with Crippen LogP contribution in [0.25, 0.3) is 16.3 Å². The van der Waals surface area contributed by atoms with Crippen molar-refractivity contribution in [3.63, 3.8) is 0 Å². The average molecular weight is 446 g/mol. The predicted octanol–water partition coefficient (Wildman–Crippen LogP) is 4.85. The highest BCUT2D eigenvalue weighted by Gasteiger charge is 2.20. The fourth-order valence-corrected chi connectivity index (χ4v) is 4.06. The Morgan fingerprint density at radius 3 is 2.69 bits per heavy atom. The quantitative estimate of drug-likeness (QED) is 0.229. The summed E-state index contributed by atoms with van der Waals surface area (Å²) in [5.74, 6) is 0.366. The Bertz CT molecular complexity index is 1290. The maximum Gasteiger partial charge on any atom is 0.269 e. The number of benzene rings is 2. The number of pyridine rings is 1. The van der Waals surface area contributed by atoms with Crippen molar-refractivity contribution < 1.29 is 14.5 Å². The van der Waals surface area contributed by atoms with Gasteiger partial charge in [0, 0.05) is 30.6 Å². The largest absolute Gasteiger partial charge is 0.494 e. The molecule has 4 rings (SSSR count). The molecule has 2 heterocycles. The minimum atomic E-state index is -0.463. The fourth-order valence-electron chi connectivity index (χ4n) is 3.07. The van der Waals surface area contributed by atoms with Crippen molar-refractivity contribution in [2.24, 2.45) is 0 Å². The highest BCUT2D eigenvalue weighted by molar-refractivity contribution is 7.22. The molecule has 0 aliphatic rings. The van der Waals surface area contributed by atoms with Gasteiger partial charge in [0.15, 0.2) is 5.13 Å². The van der Waals surface area contributed by atoms with E-state index in [0.29, 0.717) is 28.5 Å². The second kappa shape index (κ2) is 9.36. The van der Waals surface area contributed by atoms with Crippen LogP contribution >= 0.6 is 11.3 Å². The summed E-state index contributed by atoms with van der Waals surface area (Å²) >= 11 is 1.39. The molecule has 0 aliphatic carbocycles. The Morgan fingerprint density at radius 1 is 1.19 bits per heavy atom. The van der Waals surface area contributed by atoms with Crippen molar-refractivity contribution in [2.45, 2.75) is 6.54 Å². The van der Waals surface area contributed by atoms with Gasteiger partial charge < -0.3 is 4.74 Å². The molecule has 1 amide bonds. The van der Waals surface area contributed by atoms with E-state index in [0.717, 1.165) is 10.3 Å². The number of nitro groups is 1. The summed E-state index contributed by atoms with van der Waals surface area (Å²) in [7, 11) is 1.58. The van der Waals surface area contributed by atoms with Gasteiger partial charge in [-0.3, -0.25) is 24.8 Å². The van der Waals surface area contributed by atoms with Crippen LogP contribution < -0.4 is 9.64 Å². The van der Waals surface area contributed by atoms with Crippen LogP contribution in [0.1, 0.15) is 11.1 Å². The number of nitro benzene ring substituents is 1. The van der Waals surface area contributed by atoms with E-state index in [1.807, 2.05) is 30.3 Å². The number of fused-ring (bicyclic) bond motifs is 1. The summed E-state index contributed by atoms with van der Waals surface area (Å²) in [6.07, 6.45) is 6.43. The van der Waals surface area contributed by atoms with Crippen molar-refractivity contribution >= 4 is 44.4 Å². The van der Waals surface area contributed by atoms with Crippen molar-refractivity contribution in [2.75, 3.05) is 12.0 Å². The van der Waals surface area contributed by atoms with Crippen LogP contribution in [-0.4, -0.2) is 27.9 Å². The molecule has 0 saturated carbocycles. The zero-order valence-corrected chi connectivity index (χ0v) is 17.9. The third-order valence-electron chi connectivity index (χ3n) is 4.67. The number of amides is 1. The van der Waals surface area contributed by atoms with Gasteiger partial charge >= 0.3 is 0 Å². The lowest BCUT2D eigenvalue weighted by Gasteiger charge is -2.18. The first-order valence-electron chi connectivity index (χ1n) is 9.61. The Kier molecular flexibility index (Phi) is 6.18. The molecule has 0 bridgehead atoms. The normalized spacial score (nSPS) is 11.0. The number of hydrogen-bond donors (Lipinski definition) is 0. The van der Waals surface area contributed by atoms with E-state index in [1.165, 1.54) is 29.5 Å². The summed E-state index contributed by atoms with van der Waals surface area (Å²) in [4.78, 5) is 33.9. The Hall–Kier alpha value is -4.11. The number of aromatic nitrogens is 2. The molecular formula is C23H18N4O4S. The lowest BCUT2D eigenvalue weighted by molar-refractivity contribution is -0.384. The number of methoxy groups -OCH3 is 1. The molecule has 2 aromatic heterocycles. The number of nitrogens with zero attached hydrogens (tertiary/aromatic N) is 4. The number of carbonyl (C=O) groups excluding carboxylic acids is 1. The van der Waals surface area contributed by atoms with Crippen LogP contribution in [0.5, 0.6) is 5.75 Å². The summed E-state index contributed by atoms with van der Waals surface area (Å²) in [5, 5.41) is 11.4. The number of non-ortho nitro benzene ring substituents is 1. The molecule has 160 valence electrons. The summed E-state index contributed by atoms with van der Waals surface area (Å²) in [6.45, 7) is 0.291. The van der Waals surface area contributed by atoms with Gasteiger partial charge in [-0.2, -0.15) is 0 Å². The Morgan fingerprint density at radius 2 is 2.00 bits per heavy atom. The van der Waals surface area contributed by atoms with Crippen LogP contribution in [0.3, 0.4) is 0 Å². The standard InChI is InChI=1S/C23H18N4O4S/c1-31-19-5-2-6-20-22(19)25-23(32-20)26(15-17-4-3-13-24-14-17)21(28)12-9-16-7-10-18(11-8-16)27(29)30/h2-14H,15H2,1H3/b12-9-. The van der Waals surface area contributed by atoms with Crippen LogP contribution in [0, 0.1) is 10.1 Å². The van der Waals surface area contributed by atoms with Crippen molar-refractivity contribution in [3.8, 4) is 5.75 Å². The first-order chi connectivity index (χ1) is 15.5. The molecule has 0 aliphatic heterocycles. The van der Waals surface area contributed by atoms with E-state index in [-0.39, 0.29) is 11.6 Å². The van der Waals surface area contributed by atoms with Gasteiger partial charge in [-0.15, -0.1) is 0 Å². The van der Waals surface area contributed by atoms with Gasteiger partial charge in [0.25, 0.3) is 11.6 Å². The van der Waals surface area contributed by atoms with Crippen LogP contribution in [0.15, 0.2) is 73.1 Å². The molecule has 0 N–H and O–H groups in total. The molecule has 2 aromatic carbocycles. The second-order valence-corrected chi connectivity index (χ2v) is 7.78.